The molecular formula is C17H22N2O3. The zero-order valence-electron chi connectivity index (χ0n) is 12.8. The van der Waals surface area contributed by atoms with E-state index in [1.54, 1.807) is 6.20 Å². The zero-order valence-corrected chi connectivity index (χ0v) is 12.8. The molecule has 1 aromatic carbocycles. The number of nitrogens with zero attached hydrogens (tertiary/aromatic N) is 1. The van der Waals surface area contributed by atoms with E-state index in [9.17, 15) is 4.79 Å². The summed E-state index contributed by atoms with van der Waals surface area (Å²) in [5, 5.41) is 12.6. The molecule has 1 aromatic heterocycles. The third kappa shape index (κ3) is 4.79. The molecule has 5 nitrogen and oxygen atoms in total. The van der Waals surface area contributed by atoms with Crippen LogP contribution in [0.25, 0.3) is 10.9 Å². The van der Waals surface area contributed by atoms with Crippen LogP contribution in [-0.4, -0.2) is 35.3 Å². The summed E-state index contributed by atoms with van der Waals surface area (Å²) in [6, 6.07) is 9.54. The predicted octanol–water partition coefficient (Wildman–Crippen LogP) is 2.74. The molecule has 5 heteroatoms. The van der Waals surface area contributed by atoms with Gasteiger partial charge in [-0.3, -0.25) is 9.78 Å². The van der Waals surface area contributed by atoms with Crippen LogP contribution in [0.15, 0.2) is 36.5 Å². The highest BCUT2D eigenvalue weighted by Gasteiger charge is 2.11. The third-order valence-corrected chi connectivity index (χ3v) is 3.33. The molecule has 0 bridgehead atoms. The average molecular weight is 302 g/mol. The van der Waals surface area contributed by atoms with E-state index in [2.05, 4.69) is 10.3 Å². The van der Waals surface area contributed by atoms with Crippen LogP contribution in [-0.2, 0) is 9.53 Å². The highest BCUT2D eigenvalue weighted by molar-refractivity contribution is 6.00. The SMILES string of the molecule is CC(CC(=O)Nc1cccc2cccnc12)OCCCCO. The lowest BCUT2D eigenvalue weighted by molar-refractivity contribution is -0.118. The Bertz CT molecular complexity index is 610. The third-order valence-electron chi connectivity index (χ3n) is 3.33. The van der Waals surface area contributed by atoms with Gasteiger partial charge in [-0.2, -0.15) is 0 Å². The number of carbonyl (C=O) groups excluding carboxylic acids is 1. The van der Waals surface area contributed by atoms with Gasteiger partial charge in [0.25, 0.3) is 0 Å². The first-order valence-corrected chi connectivity index (χ1v) is 7.57. The van der Waals surface area contributed by atoms with Crippen molar-refractivity contribution < 1.29 is 14.6 Å². The fraction of sp³-hybridized carbons (Fsp3) is 0.412. The Labute approximate surface area is 130 Å². The zero-order chi connectivity index (χ0) is 15.8. The summed E-state index contributed by atoms with van der Waals surface area (Å²) in [6.07, 6.45) is 3.38. The number of aliphatic hydroxyl groups is 1. The highest BCUT2D eigenvalue weighted by Crippen LogP contribution is 2.20. The standard InChI is InChI=1S/C17H22N2O3/c1-13(22-11-3-2-10-20)12-16(21)19-15-8-4-6-14-7-5-9-18-17(14)15/h4-9,13,20H,2-3,10-12H2,1H3,(H,19,21). The number of nitrogens with one attached hydrogen (secondary N) is 1. The Hall–Kier alpha value is -1.98. The Balaban J connectivity index is 1.88. The number of rotatable bonds is 8. The van der Waals surface area contributed by atoms with E-state index < -0.39 is 0 Å². The molecule has 1 amide bonds. The van der Waals surface area contributed by atoms with Crippen LogP contribution in [0.5, 0.6) is 0 Å². The Kier molecular flexibility index (Phi) is 6.30. The number of hydrogen-bond acceptors (Lipinski definition) is 4. The maximum atomic E-state index is 12.1. The van der Waals surface area contributed by atoms with E-state index in [1.807, 2.05) is 37.3 Å². The van der Waals surface area contributed by atoms with Crippen LogP contribution in [0.4, 0.5) is 5.69 Å². The van der Waals surface area contributed by atoms with E-state index in [0.717, 1.165) is 29.4 Å². The predicted molar refractivity (Wildman–Crippen MR) is 86.7 cm³/mol. The van der Waals surface area contributed by atoms with E-state index in [0.29, 0.717) is 13.0 Å². The molecule has 1 heterocycles. The van der Waals surface area contributed by atoms with Crippen molar-refractivity contribution in [2.24, 2.45) is 0 Å². The van der Waals surface area contributed by atoms with Crippen LogP contribution < -0.4 is 5.32 Å². The molecular weight excluding hydrogens is 280 g/mol. The lowest BCUT2D eigenvalue weighted by Crippen LogP contribution is -2.20. The molecule has 2 N–H and O–H groups in total. The maximum Gasteiger partial charge on any atom is 0.227 e. The molecule has 0 radical (unpaired) electrons. The quantitative estimate of drug-likeness (QED) is 0.736. The molecule has 2 rings (SSSR count). The second-order valence-electron chi connectivity index (χ2n) is 5.25. The minimum absolute atomic E-state index is 0.0900. The molecule has 0 saturated carbocycles. The van der Waals surface area contributed by atoms with Crippen molar-refractivity contribution in [3.05, 3.63) is 36.5 Å². The van der Waals surface area contributed by atoms with Gasteiger partial charge in [0.2, 0.25) is 5.91 Å². The van der Waals surface area contributed by atoms with E-state index in [4.69, 9.17) is 9.84 Å². The number of aromatic nitrogens is 1. The largest absolute Gasteiger partial charge is 0.396 e. The first kappa shape index (κ1) is 16.4. The number of para-hydroxylation sites is 1. The lowest BCUT2D eigenvalue weighted by atomic mass is 10.2. The van der Waals surface area contributed by atoms with Gasteiger partial charge in [-0.25, -0.2) is 0 Å². The van der Waals surface area contributed by atoms with Crippen LogP contribution in [0.1, 0.15) is 26.2 Å². The average Bonchev–Trinajstić information content (AvgIpc) is 2.52. The monoisotopic (exact) mass is 302 g/mol. The molecule has 22 heavy (non-hydrogen) atoms. The van der Waals surface area contributed by atoms with Gasteiger partial charge in [0.05, 0.1) is 23.7 Å². The maximum absolute atomic E-state index is 12.1. The second-order valence-corrected chi connectivity index (χ2v) is 5.25. The van der Waals surface area contributed by atoms with Gasteiger partial charge in [-0.05, 0) is 31.9 Å². The van der Waals surface area contributed by atoms with Crippen LogP contribution in [0.2, 0.25) is 0 Å². The van der Waals surface area contributed by atoms with Crippen molar-refractivity contribution in [3.8, 4) is 0 Å². The molecule has 0 saturated heterocycles. The van der Waals surface area contributed by atoms with Gasteiger partial charge in [0, 0.05) is 24.8 Å². The molecule has 0 aliphatic heterocycles. The molecule has 118 valence electrons. The summed E-state index contributed by atoms with van der Waals surface area (Å²) in [6.45, 7) is 2.61. The number of hydrogen-bond donors (Lipinski definition) is 2. The van der Waals surface area contributed by atoms with Gasteiger partial charge in [-0.15, -0.1) is 0 Å². The number of ether oxygens (including phenoxy) is 1. The number of amides is 1. The van der Waals surface area contributed by atoms with Gasteiger partial charge in [-0.1, -0.05) is 18.2 Å². The Morgan fingerprint density at radius 3 is 2.95 bits per heavy atom. The molecule has 0 fully saturated rings. The van der Waals surface area contributed by atoms with Gasteiger partial charge >= 0.3 is 0 Å². The lowest BCUT2D eigenvalue weighted by Gasteiger charge is -2.13. The molecule has 0 aliphatic rings. The first-order valence-electron chi connectivity index (χ1n) is 7.57. The minimum atomic E-state index is -0.151. The minimum Gasteiger partial charge on any atom is -0.396 e. The number of pyridine rings is 1. The highest BCUT2D eigenvalue weighted by atomic mass is 16.5. The van der Waals surface area contributed by atoms with Crippen LogP contribution in [0.3, 0.4) is 0 Å². The summed E-state index contributed by atoms with van der Waals surface area (Å²) in [7, 11) is 0. The molecule has 1 unspecified atom stereocenters. The molecule has 0 spiro atoms. The van der Waals surface area contributed by atoms with Gasteiger partial charge < -0.3 is 15.2 Å². The van der Waals surface area contributed by atoms with Crippen molar-refractivity contribution >= 4 is 22.5 Å². The summed E-state index contributed by atoms with van der Waals surface area (Å²) in [5.74, 6) is -0.0900. The Morgan fingerprint density at radius 2 is 2.14 bits per heavy atom. The summed E-state index contributed by atoms with van der Waals surface area (Å²) >= 11 is 0. The van der Waals surface area contributed by atoms with Crippen molar-refractivity contribution in [1.82, 2.24) is 4.98 Å². The second kappa shape index (κ2) is 8.46. The van der Waals surface area contributed by atoms with E-state index in [-0.39, 0.29) is 18.6 Å². The summed E-state index contributed by atoms with van der Waals surface area (Å²) < 4.78 is 5.55. The number of anilines is 1. The summed E-state index contributed by atoms with van der Waals surface area (Å²) in [4.78, 5) is 16.4. The smallest absolute Gasteiger partial charge is 0.227 e. The van der Waals surface area contributed by atoms with Crippen molar-refractivity contribution in [2.45, 2.75) is 32.3 Å². The van der Waals surface area contributed by atoms with Crippen molar-refractivity contribution in [3.63, 3.8) is 0 Å². The molecule has 1 atom stereocenters. The van der Waals surface area contributed by atoms with E-state index >= 15 is 0 Å². The van der Waals surface area contributed by atoms with Crippen molar-refractivity contribution in [2.75, 3.05) is 18.5 Å². The number of aliphatic hydroxyl groups excluding tert-OH is 1. The summed E-state index contributed by atoms with van der Waals surface area (Å²) in [5.41, 5.74) is 1.51. The number of benzene rings is 1. The molecule has 2 aromatic rings. The van der Waals surface area contributed by atoms with Crippen LogP contribution in [0, 0.1) is 0 Å². The topological polar surface area (TPSA) is 71.5 Å². The van der Waals surface area contributed by atoms with E-state index in [1.165, 1.54) is 0 Å². The number of fused-ring (bicyclic) bond motifs is 1. The van der Waals surface area contributed by atoms with Crippen molar-refractivity contribution in [1.29, 1.82) is 0 Å². The fourth-order valence-electron chi connectivity index (χ4n) is 2.22. The van der Waals surface area contributed by atoms with Gasteiger partial charge in [0.15, 0.2) is 0 Å². The van der Waals surface area contributed by atoms with Gasteiger partial charge in [0.1, 0.15) is 0 Å². The molecule has 0 aliphatic carbocycles. The number of unbranched alkanes of at least 4 members (excludes halogenated alkanes) is 1. The normalized spacial score (nSPS) is 12.3. The Morgan fingerprint density at radius 1 is 1.32 bits per heavy atom. The first-order chi connectivity index (χ1) is 10.7. The fourth-order valence-corrected chi connectivity index (χ4v) is 2.22. The number of carbonyl (C=O) groups is 1. The van der Waals surface area contributed by atoms with Crippen LogP contribution >= 0.6 is 0 Å².